The molecule has 2 aliphatic heterocycles. The Hall–Kier alpha value is -5.22. The third kappa shape index (κ3) is 8.54. The van der Waals surface area contributed by atoms with Crippen molar-refractivity contribution in [3.05, 3.63) is 107 Å². The standard InChI is InChI=1S/C40H45F2N7O6/c1-25(2)29-17-32(38(51)19-37(29)50)30-18-36(45-39(52)35-7-12-55-46-35)31(15-27(30)20-47-10-13-54-14-11-47)26-5-8-48(9-6-26)21-40(53,22-49-24-43-23-44-49)33-4-3-28(41)16-34(33)42/h3-4,7,12,15-19,23-26,50-51,53H,5-6,8-11,13-14,20-22H2,1-2H3,(H,45,52). The second kappa shape index (κ2) is 16.3. The molecule has 1 atom stereocenters. The summed E-state index contributed by atoms with van der Waals surface area (Å²) in [4.78, 5) is 21.8. The number of halogens is 2. The van der Waals surface area contributed by atoms with E-state index in [2.05, 4.69) is 36.4 Å². The van der Waals surface area contributed by atoms with Gasteiger partial charge < -0.3 is 34.8 Å². The number of aromatic hydroxyl groups is 2. The van der Waals surface area contributed by atoms with Gasteiger partial charge in [0.1, 0.15) is 47.7 Å². The van der Waals surface area contributed by atoms with Crippen molar-refractivity contribution in [2.45, 2.75) is 57.2 Å². The van der Waals surface area contributed by atoms with Crippen LogP contribution in [0.4, 0.5) is 14.5 Å². The summed E-state index contributed by atoms with van der Waals surface area (Å²) in [6, 6.07) is 11.8. The molecule has 0 aliphatic carbocycles. The number of amides is 1. The maximum atomic E-state index is 15.2. The Morgan fingerprint density at radius 2 is 1.75 bits per heavy atom. The molecule has 13 nitrogen and oxygen atoms in total. The monoisotopic (exact) mass is 757 g/mol. The number of anilines is 1. The van der Waals surface area contributed by atoms with Crippen LogP contribution >= 0.6 is 0 Å². The number of benzene rings is 3. The van der Waals surface area contributed by atoms with E-state index in [9.17, 15) is 24.5 Å². The first-order valence-electron chi connectivity index (χ1n) is 18.4. The molecular weight excluding hydrogens is 712 g/mol. The molecule has 55 heavy (non-hydrogen) atoms. The van der Waals surface area contributed by atoms with E-state index in [1.807, 2.05) is 19.9 Å². The zero-order valence-corrected chi connectivity index (χ0v) is 30.8. The van der Waals surface area contributed by atoms with Gasteiger partial charge in [-0.3, -0.25) is 9.69 Å². The van der Waals surface area contributed by atoms with E-state index in [1.165, 1.54) is 41.8 Å². The number of morpholine rings is 1. The van der Waals surface area contributed by atoms with E-state index in [1.54, 1.807) is 6.07 Å². The van der Waals surface area contributed by atoms with Crippen LogP contribution in [0.2, 0.25) is 0 Å². The molecule has 0 saturated carbocycles. The van der Waals surface area contributed by atoms with Crippen molar-refractivity contribution in [3.63, 3.8) is 0 Å². The van der Waals surface area contributed by atoms with Crippen LogP contribution in [0.1, 0.15) is 71.3 Å². The summed E-state index contributed by atoms with van der Waals surface area (Å²) in [6.07, 6.45) is 5.36. The molecule has 4 N–H and O–H groups in total. The van der Waals surface area contributed by atoms with Crippen LogP contribution in [-0.2, 0) is 23.4 Å². The number of phenols is 2. The maximum absolute atomic E-state index is 15.2. The number of nitrogens with one attached hydrogen (secondary N) is 1. The SMILES string of the molecule is CC(C)c1cc(-c2cc(NC(=O)c3ccon3)c(C3CCN(CC(O)(Cn4cncn4)c4ccc(F)cc4F)CC3)cc2CN2CCOCC2)c(O)cc1O. The largest absolute Gasteiger partial charge is 0.508 e. The highest BCUT2D eigenvalue weighted by Crippen LogP contribution is 2.44. The lowest BCUT2D eigenvalue weighted by atomic mass is 9.83. The summed E-state index contributed by atoms with van der Waals surface area (Å²) >= 11 is 0. The molecule has 2 aliphatic rings. The van der Waals surface area contributed by atoms with Crippen molar-refractivity contribution in [1.82, 2.24) is 29.7 Å². The molecule has 7 rings (SSSR count). The van der Waals surface area contributed by atoms with Crippen molar-refractivity contribution < 1.29 is 38.2 Å². The number of carbonyl (C=O) groups excluding carboxylic acids is 1. The number of hydrogen-bond acceptors (Lipinski definition) is 11. The quantitative estimate of drug-likeness (QED) is 0.125. The van der Waals surface area contributed by atoms with Gasteiger partial charge >= 0.3 is 0 Å². The molecule has 2 fully saturated rings. The van der Waals surface area contributed by atoms with Gasteiger partial charge in [0.15, 0.2) is 5.69 Å². The molecule has 5 aromatic rings. The Kier molecular flexibility index (Phi) is 11.2. The van der Waals surface area contributed by atoms with Crippen LogP contribution in [0.25, 0.3) is 11.1 Å². The van der Waals surface area contributed by atoms with Gasteiger partial charge in [0.05, 0.1) is 19.8 Å². The van der Waals surface area contributed by atoms with Gasteiger partial charge in [-0.1, -0.05) is 31.1 Å². The first kappa shape index (κ1) is 38.1. The third-order valence-corrected chi connectivity index (χ3v) is 10.6. The number of piperidine rings is 1. The predicted molar refractivity (Wildman–Crippen MR) is 199 cm³/mol. The molecule has 1 unspecified atom stereocenters. The molecule has 0 radical (unpaired) electrons. The van der Waals surface area contributed by atoms with Gasteiger partial charge in [-0.15, -0.1) is 0 Å². The van der Waals surface area contributed by atoms with Crippen LogP contribution in [0.15, 0.2) is 72.0 Å². The minimum Gasteiger partial charge on any atom is -0.508 e. The van der Waals surface area contributed by atoms with Crippen LogP contribution in [0.3, 0.4) is 0 Å². The number of rotatable bonds is 12. The molecule has 0 bridgehead atoms. The van der Waals surface area contributed by atoms with Gasteiger partial charge in [0.2, 0.25) is 0 Å². The summed E-state index contributed by atoms with van der Waals surface area (Å²) in [5.41, 5.74) is 2.62. The highest BCUT2D eigenvalue weighted by atomic mass is 19.1. The first-order valence-corrected chi connectivity index (χ1v) is 18.4. The molecule has 4 heterocycles. The van der Waals surface area contributed by atoms with Crippen molar-refractivity contribution in [2.75, 3.05) is 51.3 Å². The summed E-state index contributed by atoms with van der Waals surface area (Å²) in [6.45, 7) is 8.15. The van der Waals surface area contributed by atoms with Crippen molar-refractivity contribution >= 4 is 11.6 Å². The zero-order chi connectivity index (χ0) is 38.7. The lowest BCUT2D eigenvalue weighted by Crippen LogP contribution is -2.47. The van der Waals surface area contributed by atoms with Crippen molar-refractivity contribution in [1.29, 1.82) is 0 Å². The van der Waals surface area contributed by atoms with E-state index in [-0.39, 0.29) is 47.7 Å². The zero-order valence-electron chi connectivity index (χ0n) is 30.8. The second-order valence-corrected chi connectivity index (χ2v) is 14.7. The number of likely N-dealkylation sites (tertiary alicyclic amines) is 1. The molecular formula is C40H45F2N7O6. The number of nitrogens with zero attached hydrogens (tertiary/aromatic N) is 6. The Balaban J connectivity index is 1.23. The number of carbonyl (C=O) groups is 1. The first-order chi connectivity index (χ1) is 26.5. The molecule has 15 heteroatoms. The Bertz CT molecular complexity index is 2100. The van der Waals surface area contributed by atoms with E-state index in [0.717, 1.165) is 36.3 Å². The topological polar surface area (TPSA) is 162 Å². The van der Waals surface area contributed by atoms with E-state index >= 15 is 4.39 Å². The molecule has 2 aromatic heterocycles. The van der Waals surface area contributed by atoms with E-state index < -0.39 is 23.1 Å². The second-order valence-electron chi connectivity index (χ2n) is 14.7. The normalized spacial score (nSPS) is 17.1. The van der Waals surface area contributed by atoms with Crippen molar-refractivity contribution in [2.24, 2.45) is 0 Å². The average molecular weight is 758 g/mol. The fourth-order valence-electron chi connectivity index (χ4n) is 7.72. The Labute approximate surface area is 317 Å². The third-order valence-electron chi connectivity index (χ3n) is 10.6. The highest BCUT2D eigenvalue weighted by Gasteiger charge is 2.37. The number of aromatic nitrogens is 4. The number of phenolic OH excluding ortho intramolecular Hbond substituents is 2. The smallest absolute Gasteiger partial charge is 0.277 e. The summed E-state index contributed by atoms with van der Waals surface area (Å²) in [5.74, 6) is -2.19. The fraction of sp³-hybridized carbons (Fsp3) is 0.400. The summed E-state index contributed by atoms with van der Waals surface area (Å²) < 4.78 is 41.1. The predicted octanol–water partition coefficient (Wildman–Crippen LogP) is 5.60. The Morgan fingerprint density at radius 1 is 0.964 bits per heavy atom. The van der Waals surface area contributed by atoms with Crippen LogP contribution < -0.4 is 5.32 Å². The van der Waals surface area contributed by atoms with Crippen LogP contribution in [-0.4, -0.2) is 96.9 Å². The number of hydrogen-bond donors (Lipinski definition) is 4. The van der Waals surface area contributed by atoms with E-state index in [0.29, 0.717) is 68.1 Å². The molecule has 290 valence electrons. The van der Waals surface area contributed by atoms with E-state index in [4.69, 9.17) is 9.26 Å². The van der Waals surface area contributed by atoms with Gasteiger partial charge in [-0.25, -0.2) is 18.4 Å². The minimum atomic E-state index is -1.75. The maximum Gasteiger partial charge on any atom is 0.277 e. The molecule has 1 amide bonds. The Morgan fingerprint density at radius 3 is 2.42 bits per heavy atom. The van der Waals surface area contributed by atoms with Crippen LogP contribution in [0, 0.1) is 11.6 Å². The summed E-state index contributed by atoms with van der Waals surface area (Å²) in [7, 11) is 0. The lowest BCUT2D eigenvalue weighted by Gasteiger charge is -2.39. The molecule has 3 aromatic carbocycles. The highest BCUT2D eigenvalue weighted by molar-refractivity contribution is 6.03. The summed E-state index contributed by atoms with van der Waals surface area (Å²) in [5, 5.41) is 45.0. The minimum absolute atomic E-state index is 0.00396. The number of β-amino-alcohol motifs (C(OH)–C–C–N with tert-alkyl or cyclic N) is 1. The number of ether oxygens (including phenoxy) is 1. The fourth-order valence-corrected chi connectivity index (χ4v) is 7.72. The molecule has 0 spiro atoms. The molecule has 2 saturated heterocycles. The lowest BCUT2D eigenvalue weighted by molar-refractivity contribution is -0.0266. The van der Waals surface area contributed by atoms with Gasteiger partial charge in [0.25, 0.3) is 5.91 Å². The van der Waals surface area contributed by atoms with Crippen molar-refractivity contribution in [3.8, 4) is 22.6 Å². The van der Waals surface area contributed by atoms with Gasteiger partial charge in [-0.2, -0.15) is 5.10 Å². The average Bonchev–Trinajstić information content (AvgIpc) is 3.88. The van der Waals surface area contributed by atoms with Gasteiger partial charge in [-0.05, 0) is 78.2 Å². The van der Waals surface area contributed by atoms with Gasteiger partial charge in [0, 0.05) is 61.2 Å². The number of aliphatic hydroxyl groups is 1. The van der Waals surface area contributed by atoms with Crippen LogP contribution in [0.5, 0.6) is 11.5 Å².